The molecule has 0 radical (unpaired) electrons. The molecule has 1 aromatic heterocycles. The second-order valence-corrected chi connectivity index (χ2v) is 7.08. The average Bonchev–Trinajstić information content (AvgIpc) is 3.15. The van der Waals surface area contributed by atoms with Gasteiger partial charge >= 0.3 is 0 Å². The van der Waals surface area contributed by atoms with E-state index in [0.717, 1.165) is 49.5 Å². The number of hydrogen-bond acceptors (Lipinski definition) is 4. The van der Waals surface area contributed by atoms with Crippen LogP contribution in [0.3, 0.4) is 0 Å². The van der Waals surface area contributed by atoms with Crippen LogP contribution in [0.15, 0.2) is 42.6 Å². The first-order valence-corrected chi connectivity index (χ1v) is 9.64. The van der Waals surface area contributed by atoms with Crippen LogP contribution in [0.2, 0.25) is 0 Å². The summed E-state index contributed by atoms with van der Waals surface area (Å²) in [6, 6.07) is 11.0. The number of rotatable bonds is 4. The molecule has 27 heavy (non-hydrogen) atoms. The Kier molecular flexibility index (Phi) is 5.05. The standard InChI is InChI=1S/C21H24N4O2/c26-19-10-6-14-25(19)17-8-4-7-16(15-17)21(27)23-18-9-5-11-22-20(18)24-12-2-1-3-13-24/h4-5,7-9,11,15H,1-3,6,10,12-14H2,(H,23,27). The summed E-state index contributed by atoms with van der Waals surface area (Å²) in [6.45, 7) is 2.64. The van der Waals surface area contributed by atoms with Gasteiger partial charge in [0.25, 0.3) is 5.91 Å². The van der Waals surface area contributed by atoms with E-state index in [0.29, 0.717) is 18.5 Å². The Labute approximate surface area is 159 Å². The van der Waals surface area contributed by atoms with E-state index in [1.807, 2.05) is 24.3 Å². The molecule has 6 nitrogen and oxygen atoms in total. The molecule has 0 spiro atoms. The number of piperidine rings is 1. The molecular weight excluding hydrogens is 340 g/mol. The van der Waals surface area contributed by atoms with Gasteiger partial charge in [-0.25, -0.2) is 4.98 Å². The zero-order chi connectivity index (χ0) is 18.6. The monoisotopic (exact) mass is 364 g/mol. The normalized spacial score (nSPS) is 17.3. The van der Waals surface area contributed by atoms with Crippen molar-refractivity contribution in [3.63, 3.8) is 0 Å². The number of pyridine rings is 1. The topological polar surface area (TPSA) is 65.5 Å². The molecule has 0 atom stereocenters. The first-order valence-electron chi connectivity index (χ1n) is 9.64. The highest BCUT2D eigenvalue weighted by Crippen LogP contribution is 2.27. The van der Waals surface area contributed by atoms with Crippen LogP contribution in [0, 0.1) is 0 Å². The molecule has 4 rings (SSSR count). The molecule has 0 aliphatic carbocycles. The van der Waals surface area contributed by atoms with Crippen molar-refractivity contribution in [1.29, 1.82) is 0 Å². The first kappa shape index (κ1) is 17.5. The highest BCUT2D eigenvalue weighted by atomic mass is 16.2. The van der Waals surface area contributed by atoms with E-state index in [2.05, 4.69) is 15.2 Å². The molecule has 2 amide bonds. The van der Waals surface area contributed by atoms with E-state index in [4.69, 9.17) is 0 Å². The molecule has 2 aromatic rings. The van der Waals surface area contributed by atoms with Crippen molar-refractivity contribution in [2.75, 3.05) is 34.8 Å². The summed E-state index contributed by atoms with van der Waals surface area (Å²) in [5, 5.41) is 3.01. The number of carbonyl (C=O) groups is 2. The number of nitrogens with zero attached hydrogens (tertiary/aromatic N) is 3. The Bertz CT molecular complexity index is 846. The zero-order valence-corrected chi connectivity index (χ0v) is 15.4. The number of nitrogens with one attached hydrogen (secondary N) is 1. The lowest BCUT2D eigenvalue weighted by Crippen LogP contribution is -2.31. The molecular formula is C21H24N4O2. The maximum Gasteiger partial charge on any atom is 0.255 e. The lowest BCUT2D eigenvalue weighted by Gasteiger charge is -2.29. The van der Waals surface area contributed by atoms with Crippen LogP contribution < -0.4 is 15.1 Å². The number of carbonyl (C=O) groups excluding carboxylic acids is 2. The fourth-order valence-electron chi connectivity index (χ4n) is 3.78. The number of amides is 2. The second kappa shape index (κ2) is 7.78. The van der Waals surface area contributed by atoms with Gasteiger partial charge < -0.3 is 15.1 Å². The van der Waals surface area contributed by atoms with Gasteiger partial charge in [0, 0.05) is 43.5 Å². The molecule has 6 heteroatoms. The highest BCUT2D eigenvalue weighted by molar-refractivity contribution is 6.07. The van der Waals surface area contributed by atoms with Crippen molar-refractivity contribution in [3.8, 4) is 0 Å². The summed E-state index contributed by atoms with van der Waals surface area (Å²) in [5.74, 6) is 0.762. The van der Waals surface area contributed by atoms with Crippen molar-refractivity contribution in [2.45, 2.75) is 32.1 Å². The predicted octanol–water partition coefficient (Wildman–Crippen LogP) is 3.45. The summed E-state index contributed by atoms with van der Waals surface area (Å²) < 4.78 is 0. The maximum absolute atomic E-state index is 12.8. The fourth-order valence-corrected chi connectivity index (χ4v) is 3.78. The van der Waals surface area contributed by atoms with Gasteiger partial charge in [-0.3, -0.25) is 9.59 Å². The number of hydrogen-bond donors (Lipinski definition) is 1. The Morgan fingerprint density at radius 3 is 2.63 bits per heavy atom. The summed E-state index contributed by atoms with van der Waals surface area (Å²) in [5.41, 5.74) is 2.06. The Morgan fingerprint density at radius 1 is 1.00 bits per heavy atom. The van der Waals surface area contributed by atoms with E-state index in [1.54, 1.807) is 23.2 Å². The van der Waals surface area contributed by atoms with Crippen LogP contribution in [0.1, 0.15) is 42.5 Å². The summed E-state index contributed by atoms with van der Waals surface area (Å²) in [4.78, 5) is 33.3. The van der Waals surface area contributed by atoms with Crippen LogP contribution in [0.25, 0.3) is 0 Å². The van der Waals surface area contributed by atoms with Crippen LogP contribution >= 0.6 is 0 Å². The summed E-state index contributed by atoms with van der Waals surface area (Å²) in [6.07, 6.45) is 6.74. The fraction of sp³-hybridized carbons (Fsp3) is 0.381. The van der Waals surface area contributed by atoms with Crippen molar-refractivity contribution < 1.29 is 9.59 Å². The van der Waals surface area contributed by atoms with Gasteiger partial charge in [0.05, 0.1) is 5.69 Å². The van der Waals surface area contributed by atoms with Gasteiger partial charge in [-0.1, -0.05) is 6.07 Å². The molecule has 1 N–H and O–H groups in total. The van der Waals surface area contributed by atoms with Crippen molar-refractivity contribution in [2.24, 2.45) is 0 Å². The first-order chi connectivity index (χ1) is 13.2. The quantitative estimate of drug-likeness (QED) is 0.902. The van der Waals surface area contributed by atoms with Crippen LogP contribution in [-0.4, -0.2) is 36.4 Å². The highest BCUT2D eigenvalue weighted by Gasteiger charge is 2.23. The molecule has 2 fully saturated rings. The minimum atomic E-state index is -0.185. The van der Waals surface area contributed by atoms with E-state index >= 15 is 0 Å². The van der Waals surface area contributed by atoms with E-state index < -0.39 is 0 Å². The molecule has 0 saturated carbocycles. The largest absolute Gasteiger partial charge is 0.355 e. The van der Waals surface area contributed by atoms with E-state index in [-0.39, 0.29) is 11.8 Å². The van der Waals surface area contributed by atoms with E-state index in [1.165, 1.54) is 6.42 Å². The third kappa shape index (κ3) is 3.79. The summed E-state index contributed by atoms with van der Waals surface area (Å²) in [7, 11) is 0. The minimum Gasteiger partial charge on any atom is -0.355 e. The third-order valence-corrected chi connectivity index (χ3v) is 5.18. The van der Waals surface area contributed by atoms with Gasteiger partial charge in [0.2, 0.25) is 5.91 Å². The van der Waals surface area contributed by atoms with Crippen LogP contribution in [0.4, 0.5) is 17.2 Å². The average molecular weight is 364 g/mol. The maximum atomic E-state index is 12.8. The Balaban J connectivity index is 1.54. The minimum absolute atomic E-state index is 0.118. The molecule has 140 valence electrons. The van der Waals surface area contributed by atoms with Crippen LogP contribution in [0.5, 0.6) is 0 Å². The van der Waals surface area contributed by atoms with Gasteiger partial charge in [-0.15, -0.1) is 0 Å². The molecule has 2 saturated heterocycles. The molecule has 0 unspecified atom stereocenters. The van der Waals surface area contributed by atoms with Crippen LogP contribution in [-0.2, 0) is 4.79 Å². The Hall–Kier alpha value is -2.89. The van der Waals surface area contributed by atoms with Crippen molar-refractivity contribution >= 4 is 29.0 Å². The number of aromatic nitrogens is 1. The van der Waals surface area contributed by atoms with Gasteiger partial charge in [-0.05, 0) is 56.0 Å². The van der Waals surface area contributed by atoms with Crippen molar-refractivity contribution in [3.05, 3.63) is 48.2 Å². The molecule has 3 heterocycles. The molecule has 2 aliphatic heterocycles. The van der Waals surface area contributed by atoms with Crippen molar-refractivity contribution in [1.82, 2.24) is 4.98 Å². The molecule has 2 aliphatic rings. The lowest BCUT2D eigenvalue weighted by atomic mass is 10.1. The van der Waals surface area contributed by atoms with Gasteiger partial charge in [0.1, 0.15) is 0 Å². The SMILES string of the molecule is O=C(Nc1cccnc1N1CCCCC1)c1cccc(N2CCCC2=O)c1. The third-order valence-electron chi connectivity index (χ3n) is 5.18. The van der Waals surface area contributed by atoms with Gasteiger partial charge in [0.15, 0.2) is 5.82 Å². The lowest BCUT2D eigenvalue weighted by molar-refractivity contribution is -0.117. The molecule has 1 aromatic carbocycles. The summed E-state index contributed by atoms with van der Waals surface area (Å²) >= 11 is 0. The van der Waals surface area contributed by atoms with E-state index in [9.17, 15) is 9.59 Å². The Morgan fingerprint density at radius 2 is 1.85 bits per heavy atom. The smallest absolute Gasteiger partial charge is 0.255 e. The zero-order valence-electron chi connectivity index (χ0n) is 15.4. The second-order valence-electron chi connectivity index (χ2n) is 7.08. The molecule has 0 bridgehead atoms. The number of anilines is 3. The number of benzene rings is 1. The predicted molar refractivity (Wildman–Crippen MR) is 106 cm³/mol. The van der Waals surface area contributed by atoms with Gasteiger partial charge in [-0.2, -0.15) is 0 Å².